The van der Waals surface area contributed by atoms with Gasteiger partial charge in [-0.05, 0) is 37.5 Å². The first-order valence-corrected chi connectivity index (χ1v) is 6.17. The fraction of sp³-hybridized carbons (Fsp3) is 0.500. The van der Waals surface area contributed by atoms with E-state index >= 15 is 0 Å². The Labute approximate surface area is 99.7 Å². The van der Waals surface area contributed by atoms with Crippen molar-refractivity contribution in [3.63, 3.8) is 0 Å². The molecule has 15 heavy (non-hydrogen) atoms. The highest BCUT2D eigenvalue weighted by Gasteiger charge is 2.05. The standard InChI is InChI=1S/C12H17BrO2/c1-4-14-8-15-12-9(2)5-11(7-13)6-10(12)3/h5-6H,4,7-8H2,1-3H3. The quantitative estimate of drug-likeness (QED) is 0.464. The van der Waals surface area contributed by atoms with Gasteiger partial charge in [0.05, 0.1) is 0 Å². The zero-order chi connectivity index (χ0) is 11.3. The van der Waals surface area contributed by atoms with Crippen LogP contribution in [0.15, 0.2) is 12.1 Å². The van der Waals surface area contributed by atoms with Crippen molar-refractivity contribution < 1.29 is 9.47 Å². The van der Waals surface area contributed by atoms with E-state index in [9.17, 15) is 0 Å². The highest BCUT2D eigenvalue weighted by atomic mass is 79.9. The van der Waals surface area contributed by atoms with Gasteiger partial charge in [-0.3, -0.25) is 0 Å². The molecule has 0 aliphatic rings. The molecule has 0 bridgehead atoms. The summed E-state index contributed by atoms with van der Waals surface area (Å²) in [4.78, 5) is 0. The van der Waals surface area contributed by atoms with E-state index in [0.717, 1.165) is 22.2 Å². The summed E-state index contributed by atoms with van der Waals surface area (Å²) in [5.74, 6) is 0.938. The normalized spacial score (nSPS) is 10.4. The fourth-order valence-corrected chi connectivity index (χ4v) is 1.85. The number of hydrogen-bond donors (Lipinski definition) is 0. The molecule has 0 fully saturated rings. The highest BCUT2D eigenvalue weighted by molar-refractivity contribution is 9.08. The topological polar surface area (TPSA) is 18.5 Å². The van der Waals surface area contributed by atoms with Crippen LogP contribution in [0.5, 0.6) is 5.75 Å². The number of aryl methyl sites for hydroxylation is 2. The van der Waals surface area contributed by atoms with Gasteiger partial charge < -0.3 is 9.47 Å². The van der Waals surface area contributed by atoms with Gasteiger partial charge in [0, 0.05) is 11.9 Å². The van der Waals surface area contributed by atoms with Crippen molar-refractivity contribution in [3.05, 3.63) is 28.8 Å². The second kappa shape index (κ2) is 6.13. The maximum atomic E-state index is 5.57. The van der Waals surface area contributed by atoms with Crippen LogP contribution in [0.2, 0.25) is 0 Å². The van der Waals surface area contributed by atoms with Crippen LogP contribution in [-0.2, 0) is 10.1 Å². The first-order chi connectivity index (χ1) is 7.19. The summed E-state index contributed by atoms with van der Waals surface area (Å²) in [6, 6.07) is 4.26. The second-order valence-corrected chi connectivity index (χ2v) is 4.01. The van der Waals surface area contributed by atoms with Gasteiger partial charge in [0.25, 0.3) is 0 Å². The molecule has 3 heteroatoms. The molecule has 0 unspecified atom stereocenters. The molecule has 2 nitrogen and oxygen atoms in total. The molecule has 0 N–H and O–H groups in total. The van der Waals surface area contributed by atoms with Crippen LogP contribution in [0.25, 0.3) is 0 Å². The van der Waals surface area contributed by atoms with Gasteiger partial charge >= 0.3 is 0 Å². The van der Waals surface area contributed by atoms with Crippen molar-refractivity contribution in [3.8, 4) is 5.75 Å². The zero-order valence-electron chi connectivity index (χ0n) is 9.47. The summed E-state index contributed by atoms with van der Waals surface area (Å²) in [5, 5.41) is 0.875. The molecule has 1 aromatic carbocycles. The number of hydrogen-bond acceptors (Lipinski definition) is 2. The van der Waals surface area contributed by atoms with Gasteiger partial charge in [-0.2, -0.15) is 0 Å². The number of alkyl halides is 1. The van der Waals surface area contributed by atoms with E-state index in [1.807, 2.05) is 6.92 Å². The third-order valence-electron chi connectivity index (χ3n) is 2.17. The summed E-state index contributed by atoms with van der Waals surface area (Å²) >= 11 is 3.45. The summed E-state index contributed by atoms with van der Waals surface area (Å²) in [7, 11) is 0. The molecule has 0 atom stereocenters. The predicted molar refractivity (Wildman–Crippen MR) is 65.7 cm³/mol. The highest BCUT2D eigenvalue weighted by Crippen LogP contribution is 2.25. The van der Waals surface area contributed by atoms with E-state index in [0.29, 0.717) is 13.4 Å². The van der Waals surface area contributed by atoms with Crippen LogP contribution < -0.4 is 4.74 Å². The molecule has 1 aromatic rings. The van der Waals surface area contributed by atoms with Crippen molar-refractivity contribution in [1.82, 2.24) is 0 Å². The minimum atomic E-state index is 0.325. The lowest BCUT2D eigenvalue weighted by molar-refractivity contribution is 0.0216. The molecule has 0 aromatic heterocycles. The van der Waals surface area contributed by atoms with Crippen LogP contribution in [0.1, 0.15) is 23.6 Å². The van der Waals surface area contributed by atoms with Gasteiger partial charge in [-0.15, -0.1) is 0 Å². The Balaban J connectivity index is 2.79. The molecular formula is C12H17BrO2. The summed E-state index contributed by atoms with van der Waals surface area (Å²) in [6.45, 7) is 7.07. The zero-order valence-corrected chi connectivity index (χ0v) is 11.1. The van der Waals surface area contributed by atoms with Crippen molar-refractivity contribution in [2.45, 2.75) is 26.1 Å². The van der Waals surface area contributed by atoms with E-state index in [4.69, 9.17) is 9.47 Å². The van der Waals surface area contributed by atoms with Gasteiger partial charge in [0.15, 0.2) is 6.79 Å². The Morgan fingerprint density at radius 1 is 1.20 bits per heavy atom. The molecule has 0 saturated heterocycles. The largest absolute Gasteiger partial charge is 0.467 e. The summed E-state index contributed by atoms with van der Waals surface area (Å²) in [6.07, 6.45) is 0. The van der Waals surface area contributed by atoms with Gasteiger partial charge in [-0.25, -0.2) is 0 Å². The number of rotatable bonds is 5. The minimum Gasteiger partial charge on any atom is -0.467 e. The Morgan fingerprint density at radius 2 is 1.80 bits per heavy atom. The third-order valence-corrected chi connectivity index (χ3v) is 2.81. The van der Waals surface area contributed by atoms with Crippen molar-refractivity contribution >= 4 is 15.9 Å². The molecule has 0 spiro atoms. The molecule has 1 rings (SSSR count). The van der Waals surface area contributed by atoms with E-state index < -0.39 is 0 Å². The predicted octanol–water partition coefficient (Wildman–Crippen LogP) is 3.57. The van der Waals surface area contributed by atoms with Crippen LogP contribution >= 0.6 is 15.9 Å². The fourth-order valence-electron chi connectivity index (χ4n) is 1.53. The van der Waals surface area contributed by atoms with Gasteiger partial charge in [0.2, 0.25) is 0 Å². The molecule has 0 amide bonds. The number of benzene rings is 1. The average molecular weight is 273 g/mol. The van der Waals surface area contributed by atoms with E-state index in [2.05, 4.69) is 41.9 Å². The molecule has 0 aliphatic heterocycles. The van der Waals surface area contributed by atoms with Crippen LogP contribution in [0.4, 0.5) is 0 Å². The molecule has 0 saturated carbocycles. The SMILES string of the molecule is CCOCOc1c(C)cc(CBr)cc1C. The molecular weight excluding hydrogens is 256 g/mol. The van der Waals surface area contributed by atoms with Crippen LogP contribution in [0.3, 0.4) is 0 Å². The average Bonchev–Trinajstić information content (AvgIpc) is 2.22. The van der Waals surface area contributed by atoms with E-state index in [1.165, 1.54) is 5.56 Å². The third kappa shape index (κ3) is 3.50. The first kappa shape index (κ1) is 12.5. The lowest BCUT2D eigenvalue weighted by atomic mass is 10.1. The number of halogens is 1. The van der Waals surface area contributed by atoms with Crippen molar-refractivity contribution in [2.24, 2.45) is 0 Å². The maximum Gasteiger partial charge on any atom is 0.189 e. The molecule has 0 radical (unpaired) electrons. The van der Waals surface area contributed by atoms with Gasteiger partial charge in [-0.1, -0.05) is 28.1 Å². The lowest BCUT2D eigenvalue weighted by Crippen LogP contribution is -2.04. The number of ether oxygens (including phenoxy) is 2. The smallest absolute Gasteiger partial charge is 0.189 e. The minimum absolute atomic E-state index is 0.325. The molecule has 0 heterocycles. The molecule has 84 valence electrons. The summed E-state index contributed by atoms with van der Waals surface area (Å²) < 4.78 is 10.7. The monoisotopic (exact) mass is 272 g/mol. The van der Waals surface area contributed by atoms with Crippen molar-refractivity contribution in [2.75, 3.05) is 13.4 Å². The Bertz CT molecular complexity index is 300. The van der Waals surface area contributed by atoms with Crippen LogP contribution in [-0.4, -0.2) is 13.4 Å². The summed E-state index contributed by atoms with van der Waals surface area (Å²) in [5.41, 5.74) is 3.59. The van der Waals surface area contributed by atoms with E-state index in [-0.39, 0.29) is 0 Å². The Hall–Kier alpha value is -0.540. The Morgan fingerprint density at radius 3 is 2.27 bits per heavy atom. The first-order valence-electron chi connectivity index (χ1n) is 5.05. The van der Waals surface area contributed by atoms with Gasteiger partial charge in [0.1, 0.15) is 5.75 Å². The van der Waals surface area contributed by atoms with E-state index in [1.54, 1.807) is 0 Å². The molecule has 0 aliphatic carbocycles. The Kier molecular flexibility index (Phi) is 5.12. The van der Waals surface area contributed by atoms with Crippen molar-refractivity contribution in [1.29, 1.82) is 0 Å². The maximum absolute atomic E-state index is 5.57. The van der Waals surface area contributed by atoms with Crippen LogP contribution in [0, 0.1) is 13.8 Å². The lowest BCUT2D eigenvalue weighted by Gasteiger charge is -2.13. The second-order valence-electron chi connectivity index (χ2n) is 3.45.